The van der Waals surface area contributed by atoms with Gasteiger partial charge in [0.05, 0.1) is 0 Å². The van der Waals surface area contributed by atoms with Crippen molar-refractivity contribution in [2.45, 2.75) is 0 Å². The normalized spacial score (nSPS) is 16.7. The fraction of sp³-hybridized carbons (Fsp3) is 0.571. The predicted molar refractivity (Wildman–Crippen MR) is 80.1 cm³/mol. The van der Waals surface area contributed by atoms with Crippen molar-refractivity contribution in [1.29, 1.82) is 0 Å². The van der Waals surface area contributed by atoms with Crippen LogP contribution in [-0.2, 0) is 0 Å². The van der Waals surface area contributed by atoms with E-state index in [4.69, 9.17) is 11.6 Å². The number of aromatic nitrogens is 1. The highest BCUT2D eigenvalue weighted by atomic mass is 35.5. The van der Waals surface area contributed by atoms with E-state index in [0.717, 1.165) is 39.3 Å². The van der Waals surface area contributed by atoms with Gasteiger partial charge in [-0.2, -0.15) is 0 Å². The molecule has 0 saturated carbocycles. The summed E-state index contributed by atoms with van der Waals surface area (Å²) in [6.07, 6.45) is 1.57. The van der Waals surface area contributed by atoms with Crippen molar-refractivity contribution in [2.75, 3.05) is 53.4 Å². The Balaban J connectivity index is 1.86. The molecule has 2 rings (SSSR count). The first-order valence-corrected chi connectivity index (χ1v) is 7.22. The molecule has 1 amide bonds. The molecule has 5 nitrogen and oxygen atoms in total. The Morgan fingerprint density at radius 3 is 2.65 bits per heavy atom. The average Bonchev–Trinajstić information content (AvgIpc) is 2.45. The molecule has 0 bridgehead atoms. The highest BCUT2D eigenvalue weighted by Crippen LogP contribution is 2.11. The van der Waals surface area contributed by atoms with E-state index in [2.05, 4.69) is 28.9 Å². The van der Waals surface area contributed by atoms with Crippen molar-refractivity contribution in [3.8, 4) is 0 Å². The lowest BCUT2D eigenvalue weighted by Gasteiger charge is -2.35. The molecule has 1 fully saturated rings. The first kappa shape index (κ1) is 15.2. The number of pyridine rings is 1. The first-order valence-electron chi connectivity index (χ1n) is 6.84. The molecule has 20 heavy (non-hydrogen) atoms. The van der Waals surface area contributed by atoms with E-state index < -0.39 is 0 Å². The summed E-state index contributed by atoms with van der Waals surface area (Å²) in [5.41, 5.74) is 0.430. The van der Waals surface area contributed by atoms with Crippen LogP contribution in [0.1, 0.15) is 10.5 Å². The van der Waals surface area contributed by atoms with Gasteiger partial charge in [-0.1, -0.05) is 11.6 Å². The van der Waals surface area contributed by atoms with Gasteiger partial charge in [0.15, 0.2) is 0 Å². The lowest BCUT2D eigenvalue weighted by atomic mass is 10.2. The lowest BCUT2D eigenvalue weighted by molar-refractivity contribution is 0.0624. The van der Waals surface area contributed by atoms with Crippen LogP contribution in [0.4, 0.5) is 0 Å². The number of hydrogen-bond acceptors (Lipinski definition) is 4. The van der Waals surface area contributed by atoms with Crippen molar-refractivity contribution in [3.63, 3.8) is 0 Å². The third-order valence-corrected chi connectivity index (χ3v) is 3.70. The van der Waals surface area contributed by atoms with E-state index in [-0.39, 0.29) is 5.91 Å². The molecular formula is C14H21ClN4O. The van der Waals surface area contributed by atoms with Crippen molar-refractivity contribution < 1.29 is 4.79 Å². The zero-order valence-corrected chi connectivity index (χ0v) is 12.8. The van der Waals surface area contributed by atoms with Gasteiger partial charge in [0.25, 0.3) is 5.91 Å². The number of amides is 1. The number of carbonyl (C=O) groups excluding carboxylic acids is 1. The number of halogens is 1. The zero-order chi connectivity index (χ0) is 14.5. The fourth-order valence-corrected chi connectivity index (χ4v) is 2.36. The maximum absolute atomic E-state index is 12.3. The summed E-state index contributed by atoms with van der Waals surface area (Å²) in [5, 5.41) is 0.549. The smallest absolute Gasteiger partial charge is 0.272 e. The van der Waals surface area contributed by atoms with E-state index in [9.17, 15) is 4.79 Å². The van der Waals surface area contributed by atoms with Gasteiger partial charge >= 0.3 is 0 Å². The SMILES string of the molecule is CN(C)CCN1CCN(C(=O)c2cc(Cl)ccn2)CC1. The first-order chi connectivity index (χ1) is 9.56. The van der Waals surface area contributed by atoms with Crippen LogP contribution in [0.3, 0.4) is 0 Å². The summed E-state index contributed by atoms with van der Waals surface area (Å²) in [4.78, 5) is 22.8. The van der Waals surface area contributed by atoms with Gasteiger partial charge in [-0.25, -0.2) is 0 Å². The number of carbonyl (C=O) groups is 1. The summed E-state index contributed by atoms with van der Waals surface area (Å²) >= 11 is 5.90. The summed E-state index contributed by atoms with van der Waals surface area (Å²) in [5.74, 6) is -0.0280. The second-order valence-corrected chi connectivity index (χ2v) is 5.73. The van der Waals surface area contributed by atoms with Crippen LogP contribution in [0.15, 0.2) is 18.3 Å². The Bertz CT molecular complexity index is 458. The Labute approximate surface area is 125 Å². The quantitative estimate of drug-likeness (QED) is 0.833. The molecule has 1 aliphatic heterocycles. The lowest BCUT2D eigenvalue weighted by Crippen LogP contribution is -2.50. The largest absolute Gasteiger partial charge is 0.335 e. The predicted octanol–water partition coefficient (Wildman–Crippen LogP) is 1.05. The minimum atomic E-state index is -0.0280. The van der Waals surface area contributed by atoms with Crippen LogP contribution in [-0.4, -0.2) is 79.0 Å². The molecule has 2 heterocycles. The molecule has 1 aromatic rings. The molecule has 0 unspecified atom stereocenters. The average molecular weight is 297 g/mol. The van der Waals surface area contributed by atoms with Crippen LogP contribution >= 0.6 is 11.6 Å². The monoisotopic (exact) mass is 296 g/mol. The van der Waals surface area contributed by atoms with Crippen molar-refractivity contribution in [2.24, 2.45) is 0 Å². The molecule has 1 aromatic heterocycles. The molecule has 0 atom stereocenters. The highest BCUT2D eigenvalue weighted by molar-refractivity contribution is 6.30. The van der Waals surface area contributed by atoms with Gasteiger partial charge in [0.1, 0.15) is 5.69 Å². The van der Waals surface area contributed by atoms with Crippen LogP contribution in [0, 0.1) is 0 Å². The highest BCUT2D eigenvalue weighted by Gasteiger charge is 2.22. The van der Waals surface area contributed by atoms with Crippen LogP contribution < -0.4 is 0 Å². The summed E-state index contributed by atoms with van der Waals surface area (Å²) in [7, 11) is 4.15. The maximum Gasteiger partial charge on any atom is 0.272 e. The van der Waals surface area contributed by atoms with E-state index >= 15 is 0 Å². The second-order valence-electron chi connectivity index (χ2n) is 5.30. The Kier molecular flexibility index (Phi) is 5.34. The molecule has 1 saturated heterocycles. The van der Waals surface area contributed by atoms with E-state index in [1.165, 1.54) is 0 Å². The van der Waals surface area contributed by atoms with Gasteiger partial charge < -0.3 is 9.80 Å². The molecule has 0 radical (unpaired) electrons. The molecule has 0 aliphatic carbocycles. The third kappa shape index (κ3) is 4.16. The van der Waals surface area contributed by atoms with Crippen LogP contribution in [0.2, 0.25) is 5.02 Å². The van der Waals surface area contributed by atoms with E-state index in [1.54, 1.807) is 18.3 Å². The fourth-order valence-electron chi connectivity index (χ4n) is 2.20. The Morgan fingerprint density at radius 2 is 2.05 bits per heavy atom. The van der Waals surface area contributed by atoms with Gasteiger partial charge in [-0.15, -0.1) is 0 Å². The number of piperazine rings is 1. The minimum Gasteiger partial charge on any atom is -0.335 e. The number of nitrogens with zero attached hydrogens (tertiary/aromatic N) is 4. The van der Waals surface area contributed by atoms with E-state index in [1.807, 2.05) is 4.90 Å². The molecular weight excluding hydrogens is 276 g/mol. The van der Waals surface area contributed by atoms with Crippen LogP contribution in [0.25, 0.3) is 0 Å². The van der Waals surface area contributed by atoms with Gasteiger partial charge in [0, 0.05) is 50.5 Å². The van der Waals surface area contributed by atoms with Gasteiger partial charge in [0.2, 0.25) is 0 Å². The molecule has 110 valence electrons. The Morgan fingerprint density at radius 1 is 1.35 bits per heavy atom. The van der Waals surface area contributed by atoms with E-state index in [0.29, 0.717) is 10.7 Å². The van der Waals surface area contributed by atoms with Gasteiger partial charge in [-0.05, 0) is 26.2 Å². The molecule has 0 N–H and O–H groups in total. The van der Waals surface area contributed by atoms with Gasteiger partial charge in [-0.3, -0.25) is 14.7 Å². The standard InChI is InChI=1S/C14H21ClN4O/c1-17(2)5-6-18-7-9-19(10-8-18)14(20)13-11-12(15)3-4-16-13/h3-4,11H,5-10H2,1-2H3. The van der Waals surface area contributed by atoms with Crippen molar-refractivity contribution in [1.82, 2.24) is 19.7 Å². The Hall–Kier alpha value is -1.17. The minimum absolute atomic E-state index is 0.0280. The molecule has 1 aliphatic rings. The van der Waals surface area contributed by atoms with Crippen molar-refractivity contribution in [3.05, 3.63) is 29.0 Å². The number of rotatable bonds is 4. The summed E-state index contributed by atoms with van der Waals surface area (Å²) in [6.45, 7) is 5.43. The second kappa shape index (κ2) is 7.02. The zero-order valence-electron chi connectivity index (χ0n) is 12.0. The van der Waals surface area contributed by atoms with Crippen molar-refractivity contribution >= 4 is 17.5 Å². The third-order valence-electron chi connectivity index (χ3n) is 3.46. The molecule has 0 spiro atoms. The molecule has 0 aromatic carbocycles. The topological polar surface area (TPSA) is 39.7 Å². The number of likely N-dealkylation sites (N-methyl/N-ethyl adjacent to an activating group) is 1. The molecule has 6 heteroatoms. The summed E-state index contributed by atoms with van der Waals surface area (Å²) in [6, 6.07) is 3.31. The maximum atomic E-state index is 12.3. The number of hydrogen-bond donors (Lipinski definition) is 0. The van der Waals surface area contributed by atoms with Crippen LogP contribution in [0.5, 0.6) is 0 Å². The summed E-state index contributed by atoms with van der Waals surface area (Å²) < 4.78 is 0.